The number of halogens is 2. The maximum atomic E-state index is 14.7. The van der Waals surface area contributed by atoms with E-state index < -0.39 is 5.82 Å². The van der Waals surface area contributed by atoms with Crippen molar-refractivity contribution < 1.29 is 13.3 Å². The first kappa shape index (κ1) is 22.7. The number of piperidine rings is 1. The van der Waals surface area contributed by atoms with E-state index in [0.717, 1.165) is 31.8 Å². The molecule has 0 unspecified atom stereocenters. The Morgan fingerprint density at radius 3 is 2.56 bits per heavy atom. The van der Waals surface area contributed by atoms with Crippen LogP contribution >= 0.6 is 11.8 Å². The minimum Gasteiger partial charge on any atom is -0.356 e. The Balaban J connectivity index is 1.45. The number of nitrogens with zero attached hydrogens (tertiary/aromatic N) is 5. The largest absolute Gasteiger partial charge is 0.356 e. The fourth-order valence-corrected chi connectivity index (χ4v) is 4.88. The lowest BCUT2D eigenvalue weighted by Gasteiger charge is -2.32. The fraction of sp³-hybridized carbons (Fsp3) is 0.360. The van der Waals surface area contributed by atoms with Gasteiger partial charge in [-0.15, -0.1) is 11.8 Å². The third-order valence-corrected chi connectivity index (χ3v) is 7.03. The van der Waals surface area contributed by atoms with Crippen LogP contribution in [0.25, 0.3) is 22.0 Å². The fourth-order valence-electron chi connectivity index (χ4n) is 4.42. The zero-order valence-electron chi connectivity index (χ0n) is 19.3. The topological polar surface area (TPSA) is 67.9 Å². The number of fused-ring (bicyclic) bond motifs is 1. The van der Waals surface area contributed by atoms with Gasteiger partial charge < -0.3 is 9.42 Å². The number of rotatable bonds is 5. The van der Waals surface area contributed by atoms with Crippen molar-refractivity contribution in [1.29, 1.82) is 0 Å². The summed E-state index contributed by atoms with van der Waals surface area (Å²) in [6, 6.07) is 7.81. The van der Waals surface area contributed by atoms with E-state index in [0.29, 0.717) is 38.6 Å². The summed E-state index contributed by atoms with van der Waals surface area (Å²) in [5.41, 5.74) is 1.74. The van der Waals surface area contributed by atoms with Crippen molar-refractivity contribution >= 4 is 28.5 Å². The van der Waals surface area contributed by atoms with Crippen molar-refractivity contribution in [2.45, 2.75) is 43.4 Å². The first-order valence-corrected chi connectivity index (χ1v) is 12.5. The molecule has 2 aromatic carbocycles. The van der Waals surface area contributed by atoms with Gasteiger partial charge in [0, 0.05) is 40.8 Å². The summed E-state index contributed by atoms with van der Waals surface area (Å²) in [5, 5.41) is 4.79. The van der Waals surface area contributed by atoms with E-state index in [1.165, 1.54) is 36.3 Å². The van der Waals surface area contributed by atoms with E-state index in [4.69, 9.17) is 4.52 Å². The van der Waals surface area contributed by atoms with E-state index in [-0.39, 0.29) is 17.7 Å². The SMILES string of the molecule is CSc1ccc(-c2cc(F)cc3c(N4CCC(c5noc(C(C)C)n5)CC4)ncnc23)cc1F. The van der Waals surface area contributed by atoms with Crippen LogP contribution in [0.15, 0.2) is 46.1 Å². The van der Waals surface area contributed by atoms with Crippen LogP contribution in [0.2, 0.25) is 0 Å². The Kier molecular flexibility index (Phi) is 6.20. The summed E-state index contributed by atoms with van der Waals surface area (Å²) in [4.78, 5) is 16.2. The quantitative estimate of drug-likeness (QED) is 0.315. The van der Waals surface area contributed by atoms with E-state index in [2.05, 4.69) is 25.0 Å². The van der Waals surface area contributed by atoms with Gasteiger partial charge in [-0.2, -0.15) is 4.98 Å². The number of anilines is 1. The lowest BCUT2D eigenvalue weighted by Crippen LogP contribution is -2.34. The van der Waals surface area contributed by atoms with Gasteiger partial charge in [0.25, 0.3) is 0 Å². The second kappa shape index (κ2) is 9.29. The Bertz CT molecular complexity index is 1330. The smallest absolute Gasteiger partial charge is 0.229 e. The molecule has 5 rings (SSSR count). The van der Waals surface area contributed by atoms with Crippen molar-refractivity contribution in [3.8, 4) is 11.1 Å². The van der Waals surface area contributed by atoms with Crippen LogP contribution in [0.4, 0.5) is 14.6 Å². The number of benzene rings is 2. The molecule has 4 aromatic rings. The molecule has 34 heavy (non-hydrogen) atoms. The van der Waals surface area contributed by atoms with Gasteiger partial charge >= 0.3 is 0 Å². The van der Waals surface area contributed by atoms with Crippen LogP contribution in [-0.2, 0) is 0 Å². The molecule has 176 valence electrons. The normalized spacial score (nSPS) is 14.9. The van der Waals surface area contributed by atoms with Gasteiger partial charge in [-0.1, -0.05) is 25.1 Å². The second-order valence-corrected chi connectivity index (χ2v) is 9.65. The molecule has 0 spiro atoms. The highest BCUT2D eigenvalue weighted by molar-refractivity contribution is 7.98. The predicted octanol–water partition coefficient (Wildman–Crippen LogP) is 6.19. The zero-order valence-corrected chi connectivity index (χ0v) is 20.1. The molecule has 1 aliphatic heterocycles. The van der Waals surface area contributed by atoms with Crippen LogP contribution in [-0.4, -0.2) is 39.5 Å². The van der Waals surface area contributed by atoms with Crippen molar-refractivity contribution in [2.24, 2.45) is 0 Å². The van der Waals surface area contributed by atoms with E-state index in [9.17, 15) is 8.78 Å². The summed E-state index contributed by atoms with van der Waals surface area (Å²) in [5.74, 6) is 1.76. The Morgan fingerprint density at radius 2 is 1.88 bits per heavy atom. The third kappa shape index (κ3) is 4.24. The van der Waals surface area contributed by atoms with Crippen LogP contribution < -0.4 is 4.90 Å². The molecule has 0 bridgehead atoms. The first-order valence-electron chi connectivity index (χ1n) is 11.3. The van der Waals surface area contributed by atoms with E-state index in [1.54, 1.807) is 12.1 Å². The lowest BCUT2D eigenvalue weighted by molar-refractivity contribution is 0.353. The minimum absolute atomic E-state index is 0.197. The van der Waals surface area contributed by atoms with Crippen molar-refractivity contribution in [2.75, 3.05) is 24.2 Å². The zero-order chi connectivity index (χ0) is 23.8. The highest BCUT2D eigenvalue weighted by atomic mass is 32.2. The molecule has 0 amide bonds. The molecule has 6 nitrogen and oxygen atoms in total. The van der Waals surface area contributed by atoms with Crippen LogP contribution in [0.5, 0.6) is 0 Å². The molecular formula is C25H25F2N5OS. The number of thioether (sulfide) groups is 1. The average Bonchev–Trinajstić information content (AvgIpc) is 3.34. The van der Waals surface area contributed by atoms with Crippen molar-refractivity contribution in [1.82, 2.24) is 20.1 Å². The molecule has 1 saturated heterocycles. The standard InChI is InChI=1S/C25H25F2N5OS/c1-14(2)25-30-23(31-33-25)15-6-8-32(9-7-15)24-19-12-17(26)11-18(22(19)28-13-29-24)16-4-5-21(34-3)20(27)10-16/h4-5,10-15H,6-9H2,1-3H3. The molecule has 0 radical (unpaired) electrons. The van der Waals surface area contributed by atoms with Crippen LogP contribution in [0, 0.1) is 11.6 Å². The first-order chi connectivity index (χ1) is 16.4. The molecule has 0 aliphatic carbocycles. The predicted molar refractivity (Wildman–Crippen MR) is 129 cm³/mol. The highest BCUT2D eigenvalue weighted by Crippen LogP contribution is 2.36. The molecule has 0 N–H and O–H groups in total. The molecule has 3 heterocycles. The van der Waals surface area contributed by atoms with Crippen LogP contribution in [0.1, 0.15) is 50.2 Å². The van der Waals surface area contributed by atoms with E-state index >= 15 is 0 Å². The number of hydrogen-bond acceptors (Lipinski definition) is 7. The Morgan fingerprint density at radius 1 is 1.09 bits per heavy atom. The van der Waals surface area contributed by atoms with Gasteiger partial charge in [0.15, 0.2) is 5.82 Å². The average molecular weight is 482 g/mol. The van der Waals surface area contributed by atoms with Gasteiger partial charge in [-0.25, -0.2) is 18.7 Å². The van der Waals surface area contributed by atoms with Gasteiger partial charge in [0.1, 0.15) is 23.8 Å². The van der Waals surface area contributed by atoms with Crippen molar-refractivity contribution in [3.05, 3.63) is 60.0 Å². The number of aromatic nitrogens is 4. The summed E-state index contributed by atoms with van der Waals surface area (Å²) >= 11 is 1.33. The molecule has 2 aromatic heterocycles. The highest BCUT2D eigenvalue weighted by Gasteiger charge is 2.27. The van der Waals surface area contributed by atoms with E-state index in [1.807, 2.05) is 20.1 Å². The molecular weight excluding hydrogens is 456 g/mol. The molecule has 1 aliphatic rings. The van der Waals surface area contributed by atoms with Gasteiger partial charge in [0.2, 0.25) is 5.89 Å². The third-order valence-electron chi connectivity index (χ3n) is 6.26. The monoisotopic (exact) mass is 481 g/mol. The second-order valence-electron chi connectivity index (χ2n) is 8.80. The van der Waals surface area contributed by atoms with Gasteiger partial charge in [-0.05, 0) is 48.9 Å². The summed E-state index contributed by atoms with van der Waals surface area (Å²) < 4.78 is 34.6. The lowest BCUT2D eigenvalue weighted by atomic mass is 9.95. The summed E-state index contributed by atoms with van der Waals surface area (Å²) in [7, 11) is 0. The number of hydrogen-bond donors (Lipinski definition) is 0. The summed E-state index contributed by atoms with van der Waals surface area (Å²) in [6.45, 7) is 5.51. The maximum Gasteiger partial charge on any atom is 0.229 e. The summed E-state index contributed by atoms with van der Waals surface area (Å²) in [6.07, 6.45) is 4.99. The minimum atomic E-state index is -0.407. The Hall–Kier alpha value is -3.07. The molecule has 0 saturated carbocycles. The van der Waals surface area contributed by atoms with Gasteiger partial charge in [-0.3, -0.25) is 0 Å². The molecule has 9 heteroatoms. The maximum absolute atomic E-state index is 14.7. The molecule has 0 atom stereocenters. The molecule has 1 fully saturated rings. The van der Waals surface area contributed by atoms with Crippen LogP contribution in [0.3, 0.4) is 0 Å². The van der Waals surface area contributed by atoms with Crippen molar-refractivity contribution in [3.63, 3.8) is 0 Å². The van der Waals surface area contributed by atoms with Gasteiger partial charge in [0.05, 0.1) is 5.52 Å². The Labute approximate surface area is 200 Å².